The van der Waals surface area contributed by atoms with E-state index >= 15 is 0 Å². The summed E-state index contributed by atoms with van der Waals surface area (Å²) >= 11 is 1.58. The number of esters is 1. The Kier molecular flexibility index (Phi) is 5.97. The molecule has 1 heterocycles. The number of nitrogens with one attached hydrogen (secondary N) is 1. The average molecular weight is 357 g/mol. The molecule has 0 saturated carbocycles. The zero-order valence-corrected chi connectivity index (χ0v) is 13.2. The standard InChI is InChI=1S/C16H14F3NO3S/c17-16(18,19)12-5-3-11(4-6-12)15(22)23-10-14(21)20-8-7-13-2-1-9-24-13/h1-6,9H,7-8,10H2,(H,20,21). The fraction of sp³-hybridized carbons (Fsp3) is 0.250. The number of hydrogen-bond donors (Lipinski definition) is 1. The number of halogens is 3. The first-order valence-electron chi connectivity index (χ1n) is 7.00. The van der Waals surface area contributed by atoms with Gasteiger partial charge in [0.1, 0.15) is 0 Å². The van der Waals surface area contributed by atoms with Gasteiger partial charge in [0.2, 0.25) is 0 Å². The van der Waals surface area contributed by atoms with Crippen molar-refractivity contribution in [3.05, 3.63) is 57.8 Å². The molecule has 1 N–H and O–H groups in total. The number of rotatable bonds is 6. The molecule has 2 rings (SSSR count). The van der Waals surface area contributed by atoms with Crippen LogP contribution in [-0.2, 0) is 22.1 Å². The highest BCUT2D eigenvalue weighted by molar-refractivity contribution is 7.09. The Bertz CT molecular complexity index is 682. The number of benzene rings is 1. The first-order valence-corrected chi connectivity index (χ1v) is 7.87. The molecule has 0 unspecified atom stereocenters. The van der Waals surface area contributed by atoms with Crippen molar-refractivity contribution in [2.75, 3.05) is 13.2 Å². The van der Waals surface area contributed by atoms with Crippen LogP contribution >= 0.6 is 11.3 Å². The van der Waals surface area contributed by atoms with Crippen molar-refractivity contribution in [3.8, 4) is 0 Å². The number of carbonyl (C=O) groups excluding carboxylic acids is 2. The maximum Gasteiger partial charge on any atom is 0.416 e. The molecule has 0 aliphatic heterocycles. The Hall–Kier alpha value is -2.35. The molecule has 0 bridgehead atoms. The van der Waals surface area contributed by atoms with E-state index in [1.807, 2.05) is 17.5 Å². The zero-order chi connectivity index (χ0) is 17.6. The van der Waals surface area contributed by atoms with E-state index < -0.39 is 30.2 Å². The number of thiophene rings is 1. The SMILES string of the molecule is O=C(COC(=O)c1ccc(C(F)(F)F)cc1)NCCc1cccs1. The summed E-state index contributed by atoms with van der Waals surface area (Å²) in [6.07, 6.45) is -3.79. The van der Waals surface area contributed by atoms with Gasteiger partial charge in [-0.05, 0) is 42.1 Å². The summed E-state index contributed by atoms with van der Waals surface area (Å²) in [4.78, 5) is 24.4. The monoisotopic (exact) mass is 357 g/mol. The van der Waals surface area contributed by atoms with Crippen molar-refractivity contribution in [2.45, 2.75) is 12.6 Å². The molecule has 128 valence electrons. The number of amides is 1. The summed E-state index contributed by atoms with van der Waals surface area (Å²) in [5.41, 5.74) is -0.903. The molecule has 8 heteroatoms. The molecule has 0 atom stereocenters. The lowest BCUT2D eigenvalue weighted by Gasteiger charge is -2.08. The molecule has 0 spiro atoms. The fourth-order valence-corrected chi connectivity index (χ4v) is 2.55. The average Bonchev–Trinajstić information content (AvgIpc) is 3.05. The molecular weight excluding hydrogens is 343 g/mol. The van der Waals surface area contributed by atoms with Gasteiger partial charge < -0.3 is 10.1 Å². The van der Waals surface area contributed by atoms with E-state index in [0.29, 0.717) is 13.0 Å². The third-order valence-corrected chi connectivity index (χ3v) is 3.99. The van der Waals surface area contributed by atoms with Crippen LogP contribution in [0.3, 0.4) is 0 Å². The highest BCUT2D eigenvalue weighted by Gasteiger charge is 2.30. The lowest BCUT2D eigenvalue weighted by Crippen LogP contribution is -2.30. The highest BCUT2D eigenvalue weighted by Crippen LogP contribution is 2.29. The van der Waals surface area contributed by atoms with Crippen LogP contribution in [0.2, 0.25) is 0 Å². The summed E-state index contributed by atoms with van der Waals surface area (Å²) in [5.74, 6) is -1.32. The summed E-state index contributed by atoms with van der Waals surface area (Å²) in [5, 5.41) is 4.53. The van der Waals surface area contributed by atoms with Gasteiger partial charge in [-0.25, -0.2) is 4.79 Å². The molecule has 0 aliphatic carbocycles. The Labute approximate surface area is 140 Å². The summed E-state index contributed by atoms with van der Waals surface area (Å²) in [6.45, 7) is -0.0680. The van der Waals surface area contributed by atoms with Crippen LogP contribution in [0.15, 0.2) is 41.8 Å². The zero-order valence-electron chi connectivity index (χ0n) is 12.4. The summed E-state index contributed by atoms with van der Waals surface area (Å²) in [6, 6.07) is 7.46. The quantitative estimate of drug-likeness (QED) is 0.808. The van der Waals surface area contributed by atoms with Crippen LogP contribution in [0.25, 0.3) is 0 Å². The molecule has 0 fully saturated rings. The van der Waals surface area contributed by atoms with E-state index in [0.717, 1.165) is 29.1 Å². The minimum Gasteiger partial charge on any atom is -0.452 e. The second-order valence-corrected chi connectivity index (χ2v) is 5.86. The van der Waals surface area contributed by atoms with Crippen molar-refractivity contribution in [1.29, 1.82) is 0 Å². The number of ether oxygens (including phenoxy) is 1. The van der Waals surface area contributed by atoms with Gasteiger partial charge in [0, 0.05) is 11.4 Å². The van der Waals surface area contributed by atoms with Gasteiger partial charge in [0.05, 0.1) is 11.1 Å². The highest BCUT2D eigenvalue weighted by atomic mass is 32.1. The lowest BCUT2D eigenvalue weighted by molar-refractivity contribution is -0.137. The minimum absolute atomic E-state index is 0.0469. The molecule has 4 nitrogen and oxygen atoms in total. The number of alkyl halides is 3. The predicted molar refractivity (Wildman–Crippen MR) is 82.8 cm³/mol. The van der Waals surface area contributed by atoms with Gasteiger partial charge in [-0.2, -0.15) is 13.2 Å². The van der Waals surface area contributed by atoms with E-state index in [-0.39, 0.29) is 5.56 Å². The van der Waals surface area contributed by atoms with E-state index in [4.69, 9.17) is 4.74 Å². The van der Waals surface area contributed by atoms with E-state index in [1.165, 1.54) is 0 Å². The molecule has 0 aliphatic rings. The van der Waals surface area contributed by atoms with Gasteiger partial charge in [0.25, 0.3) is 5.91 Å². The normalized spacial score (nSPS) is 11.1. The second-order valence-electron chi connectivity index (χ2n) is 4.83. The van der Waals surface area contributed by atoms with Crippen molar-refractivity contribution in [3.63, 3.8) is 0 Å². The maximum atomic E-state index is 12.4. The van der Waals surface area contributed by atoms with Crippen molar-refractivity contribution >= 4 is 23.2 Å². The Morgan fingerprint density at radius 2 is 1.83 bits per heavy atom. The molecule has 1 aromatic carbocycles. The summed E-state index contributed by atoms with van der Waals surface area (Å²) in [7, 11) is 0. The maximum absolute atomic E-state index is 12.4. The smallest absolute Gasteiger partial charge is 0.416 e. The predicted octanol–water partition coefficient (Wildman–Crippen LogP) is 3.28. The van der Waals surface area contributed by atoms with Gasteiger partial charge in [0.15, 0.2) is 6.61 Å². The Morgan fingerprint density at radius 3 is 2.42 bits per heavy atom. The topological polar surface area (TPSA) is 55.4 Å². The van der Waals surface area contributed by atoms with Crippen molar-refractivity contribution in [2.24, 2.45) is 0 Å². The first-order chi connectivity index (χ1) is 11.4. The van der Waals surface area contributed by atoms with Crippen molar-refractivity contribution < 1.29 is 27.5 Å². The number of carbonyl (C=O) groups is 2. The summed E-state index contributed by atoms with van der Waals surface area (Å²) < 4.78 is 42.1. The van der Waals surface area contributed by atoms with Crippen LogP contribution in [0.5, 0.6) is 0 Å². The van der Waals surface area contributed by atoms with Crippen LogP contribution in [-0.4, -0.2) is 25.0 Å². The van der Waals surface area contributed by atoms with E-state index in [1.54, 1.807) is 11.3 Å². The van der Waals surface area contributed by atoms with Gasteiger partial charge >= 0.3 is 12.1 Å². The Morgan fingerprint density at radius 1 is 1.12 bits per heavy atom. The molecular formula is C16H14F3NO3S. The molecule has 0 radical (unpaired) electrons. The lowest BCUT2D eigenvalue weighted by atomic mass is 10.1. The van der Waals surface area contributed by atoms with Crippen LogP contribution in [0.4, 0.5) is 13.2 Å². The molecule has 0 saturated heterocycles. The molecule has 1 amide bonds. The molecule has 2 aromatic rings. The van der Waals surface area contributed by atoms with Gasteiger partial charge in [-0.1, -0.05) is 6.07 Å². The third-order valence-electron chi connectivity index (χ3n) is 3.06. The van der Waals surface area contributed by atoms with Crippen LogP contribution in [0, 0.1) is 0 Å². The van der Waals surface area contributed by atoms with Crippen LogP contribution in [0.1, 0.15) is 20.8 Å². The first kappa shape index (κ1) is 18.0. The van der Waals surface area contributed by atoms with Crippen molar-refractivity contribution in [1.82, 2.24) is 5.32 Å². The van der Waals surface area contributed by atoms with Crippen LogP contribution < -0.4 is 5.32 Å². The van der Waals surface area contributed by atoms with E-state index in [9.17, 15) is 22.8 Å². The Balaban J connectivity index is 1.74. The third kappa shape index (κ3) is 5.38. The minimum atomic E-state index is -4.47. The van der Waals surface area contributed by atoms with Gasteiger partial charge in [-0.15, -0.1) is 11.3 Å². The largest absolute Gasteiger partial charge is 0.452 e. The molecule has 1 aromatic heterocycles. The molecule has 24 heavy (non-hydrogen) atoms. The fourth-order valence-electron chi connectivity index (χ4n) is 1.84. The second kappa shape index (κ2) is 7.96. The number of hydrogen-bond acceptors (Lipinski definition) is 4. The van der Waals surface area contributed by atoms with E-state index in [2.05, 4.69) is 5.32 Å². The van der Waals surface area contributed by atoms with Gasteiger partial charge in [-0.3, -0.25) is 4.79 Å².